The number of nitrogens with zero attached hydrogens (tertiary/aromatic N) is 1. The van der Waals surface area contributed by atoms with E-state index in [1.165, 1.54) is 37.6 Å². The molecule has 1 amide bonds. The van der Waals surface area contributed by atoms with Gasteiger partial charge in [0.1, 0.15) is 18.3 Å². The van der Waals surface area contributed by atoms with Crippen molar-refractivity contribution in [3.63, 3.8) is 0 Å². The second-order valence-electron chi connectivity index (χ2n) is 6.35. The summed E-state index contributed by atoms with van der Waals surface area (Å²) in [7, 11) is -1.29. The first-order chi connectivity index (χ1) is 15.7. The lowest BCUT2D eigenvalue weighted by molar-refractivity contribution is 0.102. The fourth-order valence-electron chi connectivity index (χ4n) is 2.64. The molecule has 3 aromatic rings. The van der Waals surface area contributed by atoms with Gasteiger partial charge in [0.2, 0.25) is 0 Å². The number of carbonyl (C=O) groups is 1. The van der Waals surface area contributed by atoms with Gasteiger partial charge >= 0.3 is 8.60 Å². The average molecular weight is 517 g/mol. The third-order valence-corrected chi connectivity index (χ3v) is 5.25. The van der Waals surface area contributed by atoms with Gasteiger partial charge in [-0.2, -0.15) is 0 Å². The van der Waals surface area contributed by atoms with E-state index in [9.17, 15) is 14.0 Å². The highest BCUT2D eigenvalue weighted by Gasteiger charge is 2.19. The van der Waals surface area contributed by atoms with Gasteiger partial charge < -0.3 is 24.6 Å². The third kappa shape index (κ3) is 6.42. The smallest absolute Gasteiger partial charge is 0.328 e. The van der Waals surface area contributed by atoms with Crippen molar-refractivity contribution in [2.24, 2.45) is 0 Å². The number of methoxy groups -OCH3 is 1. The molecule has 3 N–H and O–H groups in total. The molecule has 9 nitrogen and oxygen atoms in total. The fraction of sp³-hybridized carbons (Fsp3) is 0.100. The Bertz CT molecular complexity index is 1240. The molecule has 0 bridgehead atoms. The summed E-state index contributed by atoms with van der Waals surface area (Å²) in [6.07, 6.45) is 1.30. The molecule has 1 heterocycles. The maximum absolute atomic E-state index is 13.5. The quantitative estimate of drug-likeness (QED) is 0.376. The number of nitrogens with one attached hydrogen (secondary N) is 1. The number of rotatable bonds is 8. The van der Waals surface area contributed by atoms with Crippen molar-refractivity contribution in [1.82, 2.24) is 4.57 Å². The van der Waals surface area contributed by atoms with Gasteiger partial charge in [0.25, 0.3) is 11.5 Å². The normalized spacial score (nSPS) is 10.9. The van der Waals surface area contributed by atoms with E-state index in [-0.39, 0.29) is 45.3 Å². The summed E-state index contributed by atoms with van der Waals surface area (Å²) in [5.41, 5.74) is -0.436. The molecule has 2 aromatic carbocycles. The van der Waals surface area contributed by atoms with E-state index in [1.807, 2.05) is 0 Å². The molecule has 0 aliphatic rings. The summed E-state index contributed by atoms with van der Waals surface area (Å²) in [6.45, 7) is -0.379. The maximum atomic E-state index is 13.5. The van der Waals surface area contributed by atoms with Crippen LogP contribution in [-0.4, -0.2) is 27.4 Å². The number of benzene rings is 2. The number of hydrogen-bond donors (Lipinski definition) is 3. The predicted molar refractivity (Wildman–Crippen MR) is 121 cm³/mol. The number of aromatic nitrogens is 1. The van der Waals surface area contributed by atoms with E-state index >= 15 is 0 Å². The molecule has 0 aliphatic heterocycles. The zero-order valence-corrected chi connectivity index (χ0v) is 19.2. The molecule has 0 saturated heterocycles. The zero-order valence-electron chi connectivity index (χ0n) is 16.8. The van der Waals surface area contributed by atoms with Gasteiger partial charge in [-0.15, -0.1) is 0 Å². The minimum Gasteiger partial charge on any atom is -0.493 e. The number of anilines is 1. The highest BCUT2D eigenvalue weighted by atomic mass is 35.5. The number of hydrogen-bond acceptors (Lipinski definition) is 7. The van der Waals surface area contributed by atoms with Crippen LogP contribution in [0.3, 0.4) is 0 Å². The fourth-order valence-corrected chi connectivity index (χ4v) is 3.18. The van der Waals surface area contributed by atoms with Gasteiger partial charge in [-0.1, -0.05) is 23.2 Å². The summed E-state index contributed by atoms with van der Waals surface area (Å²) in [6, 6.07) is 8.71. The largest absolute Gasteiger partial charge is 0.493 e. The molecule has 0 aliphatic carbocycles. The minimum absolute atomic E-state index is 0.00722. The Balaban J connectivity index is 1.88. The number of carbonyl (C=O) groups excluding carboxylic acids is 1. The van der Waals surface area contributed by atoms with E-state index < -0.39 is 25.9 Å². The van der Waals surface area contributed by atoms with Crippen LogP contribution >= 0.6 is 31.8 Å². The van der Waals surface area contributed by atoms with Gasteiger partial charge in [-0.25, -0.2) is 4.39 Å². The highest BCUT2D eigenvalue weighted by molar-refractivity contribution is 7.39. The molecule has 3 rings (SSSR count). The van der Waals surface area contributed by atoms with Crippen molar-refractivity contribution in [3.05, 3.63) is 80.4 Å². The number of halogens is 3. The van der Waals surface area contributed by atoms with Crippen LogP contribution in [-0.2, 0) is 11.3 Å². The summed E-state index contributed by atoms with van der Waals surface area (Å²) in [5.74, 6) is -0.990. The van der Waals surface area contributed by atoms with Crippen molar-refractivity contribution in [2.45, 2.75) is 6.73 Å². The number of amides is 1. The molecule has 0 radical (unpaired) electrons. The van der Waals surface area contributed by atoms with Crippen LogP contribution in [0.4, 0.5) is 10.1 Å². The Morgan fingerprint density at radius 1 is 1.09 bits per heavy atom. The first kappa shape index (κ1) is 24.9. The molecule has 0 unspecified atom stereocenters. The Kier molecular flexibility index (Phi) is 8.25. The summed E-state index contributed by atoms with van der Waals surface area (Å²) < 4.78 is 30.0. The lowest BCUT2D eigenvalue weighted by atomic mass is 10.1. The van der Waals surface area contributed by atoms with Crippen LogP contribution in [0.5, 0.6) is 17.2 Å². The Labute approximate surface area is 197 Å². The summed E-state index contributed by atoms with van der Waals surface area (Å²) >= 11 is 12.2. The van der Waals surface area contributed by atoms with E-state index in [0.29, 0.717) is 0 Å². The molecule has 0 saturated carbocycles. The Morgan fingerprint density at radius 2 is 1.82 bits per heavy atom. The van der Waals surface area contributed by atoms with Crippen molar-refractivity contribution < 1.29 is 33.0 Å². The zero-order chi connectivity index (χ0) is 24.1. The molecule has 0 atom stereocenters. The number of pyridine rings is 1. The van der Waals surface area contributed by atoms with Gasteiger partial charge in [0.05, 0.1) is 22.7 Å². The second kappa shape index (κ2) is 10.9. The van der Waals surface area contributed by atoms with Crippen LogP contribution in [0.1, 0.15) is 10.4 Å². The topological polar surface area (TPSA) is 119 Å². The molecule has 13 heteroatoms. The molecule has 1 aromatic heterocycles. The first-order valence-corrected chi connectivity index (χ1v) is 10.9. The predicted octanol–water partition coefficient (Wildman–Crippen LogP) is 4.53. The van der Waals surface area contributed by atoms with Gasteiger partial charge in [0.15, 0.2) is 11.5 Å². The number of ether oxygens (including phenoxy) is 2. The van der Waals surface area contributed by atoms with Crippen molar-refractivity contribution in [1.29, 1.82) is 0 Å². The lowest BCUT2D eigenvalue weighted by Gasteiger charge is -2.15. The Morgan fingerprint density at radius 3 is 2.48 bits per heavy atom. The van der Waals surface area contributed by atoms with E-state index in [0.717, 1.165) is 22.8 Å². The third-order valence-electron chi connectivity index (χ3n) is 4.18. The minimum atomic E-state index is -2.62. The highest BCUT2D eigenvalue weighted by Crippen LogP contribution is 2.37. The van der Waals surface area contributed by atoms with Crippen LogP contribution < -0.4 is 20.3 Å². The first-order valence-electron chi connectivity index (χ1n) is 9.01. The van der Waals surface area contributed by atoms with Crippen LogP contribution in [0.25, 0.3) is 0 Å². The van der Waals surface area contributed by atoms with E-state index in [1.54, 1.807) is 0 Å². The lowest BCUT2D eigenvalue weighted by Crippen LogP contribution is -2.21. The molecule has 0 fully saturated rings. The van der Waals surface area contributed by atoms with Crippen LogP contribution in [0.15, 0.2) is 53.5 Å². The molecule has 33 heavy (non-hydrogen) atoms. The van der Waals surface area contributed by atoms with E-state index in [2.05, 4.69) is 9.84 Å². The SMILES string of the molecule is COc1cc(F)ccc1Oc1cc(Cl)c(Cl)cc1C(=O)Nc1ccn(COP(O)O)c(=O)c1. The van der Waals surface area contributed by atoms with Crippen LogP contribution in [0.2, 0.25) is 10.0 Å². The van der Waals surface area contributed by atoms with E-state index in [4.69, 9.17) is 42.5 Å². The Hall–Kier alpha value is -2.72. The van der Waals surface area contributed by atoms with Gasteiger partial charge in [-0.05, 0) is 24.3 Å². The molecular weight excluding hydrogens is 501 g/mol. The molecule has 0 spiro atoms. The van der Waals surface area contributed by atoms with Crippen LogP contribution in [0, 0.1) is 5.82 Å². The molecular formula is C20H16Cl2FN2O7P. The van der Waals surface area contributed by atoms with Crippen molar-refractivity contribution in [3.8, 4) is 17.2 Å². The molecule has 174 valence electrons. The maximum Gasteiger partial charge on any atom is 0.328 e. The second-order valence-corrected chi connectivity index (χ2v) is 7.93. The summed E-state index contributed by atoms with van der Waals surface area (Å²) in [5, 5.41) is 2.73. The van der Waals surface area contributed by atoms with Crippen molar-refractivity contribution in [2.75, 3.05) is 12.4 Å². The standard InChI is InChI=1S/C20H16Cl2FN2O7P/c1-30-18-6-11(23)2-3-16(18)32-17-9-15(22)14(21)8-13(17)20(27)24-12-4-5-25(19(26)7-12)10-31-33(28)29/h2-9,28-29H,10H2,1H3,(H,24,27). The van der Waals surface area contributed by atoms with Gasteiger partial charge in [0, 0.05) is 30.1 Å². The summed E-state index contributed by atoms with van der Waals surface area (Å²) in [4.78, 5) is 42.7. The monoisotopic (exact) mass is 516 g/mol. The van der Waals surface area contributed by atoms with Crippen molar-refractivity contribution >= 4 is 43.4 Å². The van der Waals surface area contributed by atoms with Gasteiger partial charge in [-0.3, -0.25) is 18.7 Å². The average Bonchev–Trinajstić information content (AvgIpc) is 2.76.